The molecule has 0 heterocycles. The van der Waals surface area contributed by atoms with Crippen molar-refractivity contribution in [1.82, 2.24) is 0 Å². The first-order chi connectivity index (χ1) is 9.90. The largest absolute Gasteiger partial charge is 0.457 e. The topological polar surface area (TPSA) is 69.4 Å². The smallest absolute Gasteiger partial charge is 0.306 e. The van der Waals surface area contributed by atoms with E-state index in [4.69, 9.17) is 4.74 Å². The van der Waals surface area contributed by atoms with E-state index in [0.717, 1.165) is 19.3 Å². The number of halogens is 1. The minimum Gasteiger partial charge on any atom is -0.457 e. The fourth-order valence-corrected chi connectivity index (χ4v) is 2.03. The zero-order valence-electron chi connectivity index (χ0n) is 13.2. The van der Waals surface area contributed by atoms with Gasteiger partial charge >= 0.3 is 10.4 Å². The van der Waals surface area contributed by atoms with Gasteiger partial charge in [-0.2, -0.15) is 0 Å². The first-order valence-corrected chi connectivity index (χ1v) is 8.68. The van der Waals surface area contributed by atoms with Gasteiger partial charge in [0.05, 0.1) is 0 Å². The highest BCUT2D eigenvalue weighted by Gasteiger charge is 2.35. The molecule has 0 aromatic rings. The molecule has 0 unspecified atom stereocenters. The van der Waals surface area contributed by atoms with Crippen molar-refractivity contribution in [3.63, 3.8) is 0 Å². The lowest BCUT2D eigenvalue weighted by molar-refractivity contribution is -0.533. The van der Waals surface area contributed by atoms with E-state index in [2.05, 4.69) is 22.9 Å². The van der Waals surface area contributed by atoms with Gasteiger partial charge in [0.1, 0.15) is 0 Å². The Morgan fingerprint density at radius 1 is 1.10 bits per heavy atom. The molecule has 0 rings (SSSR count). The molecule has 0 spiro atoms. The van der Waals surface area contributed by atoms with Gasteiger partial charge in [-0.05, 0) is 6.42 Å². The van der Waals surface area contributed by atoms with Gasteiger partial charge in [-0.3, -0.25) is 14.9 Å². The Kier molecular flexibility index (Phi) is 11.6. The molecule has 1 atom stereocenters. The molecule has 0 saturated carbocycles. The normalized spacial score (nSPS) is 13.7. The van der Waals surface area contributed by atoms with Crippen LogP contribution < -0.4 is 0 Å². The summed E-state index contributed by atoms with van der Waals surface area (Å²) < 4.78 is 3.52. The molecule has 0 amide bonds. The summed E-state index contributed by atoms with van der Waals surface area (Å²) in [5, 5.41) is 10.6. The van der Waals surface area contributed by atoms with Crippen molar-refractivity contribution in [2.45, 2.75) is 82.5 Å². The lowest BCUT2D eigenvalue weighted by Crippen LogP contribution is -2.33. The number of hydrogen-bond acceptors (Lipinski definition) is 4. The van der Waals surface area contributed by atoms with E-state index < -0.39 is 9.37 Å². The number of unbranched alkanes of at least 4 members (excludes halogenated alkanes) is 8. The van der Waals surface area contributed by atoms with Crippen LogP contribution in [0, 0.1) is 10.1 Å². The van der Waals surface area contributed by atoms with Gasteiger partial charge < -0.3 is 4.74 Å². The third kappa shape index (κ3) is 11.7. The second-order valence-corrected chi connectivity index (χ2v) is 7.35. The summed E-state index contributed by atoms with van der Waals surface area (Å²) in [7, 11) is 0. The third-order valence-electron chi connectivity index (χ3n) is 3.36. The van der Waals surface area contributed by atoms with Crippen molar-refractivity contribution in [3.05, 3.63) is 10.1 Å². The molecule has 0 aromatic carbocycles. The van der Waals surface area contributed by atoms with Crippen LogP contribution in [0.25, 0.3) is 0 Å². The predicted octanol–water partition coefficient (Wildman–Crippen LogP) is 4.84. The highest BCUT2D eigenvalue weighted by molar-refractivity contribution is 9.10. The Hall–Kier alpha value is -0.650. The number of hydrogen-bond donors (Lipinski definition) is 0. The number of nitro groups is 1. The van der Waals surface area contributed by atoms with Gasteiger partial charge in [-0.25, -0.2) is 0 Å². The summed E-state index contributed by atoms with van der Waals surface area (Å²) in [5.74, 6) is -0.356. The summed E-state index contributed by atoms with van der Waals surface area (Å²) in [6.07, 6.45) is 11.0. The molecular weight excluding hydrogens is 338 g/mol. The summed E-state index contributed by atoms with van der Waals surface area (Å²) >= 11 is 2.93. The number of ether oxygens (including phenoxy) is 1. The first-order valence-electron chi connectivity index (χ1n) is 7.89. The second-order valence-electron chi connectivity index (χ2n) is 5.64. The van der Waals surface area contributed by atoms with E-state index >= 15 is 0 Å². The Morgan fingerprint density at radius 3 is 2.05 bits per heavy atom. The van der Waals surface area contributed by atoms with E-state index in [9.17, 15) is 14.9 Å². The van der Waals surface area contributed by atoms with Crippen LogP contribution in [0.4, 0.5) is 0 Å². The molecular formula is C15H28BrNO4. The fourth-order valence-electron chi connectivity index (χ4n) is 1.92. The maximum atomic E-state index is 11.5. The average molecular weight is 366 g/mol. The molecule has 0 aliphatic heterocycles. The van der Waals surface area contributed by atoms with Crippen LogP contribution in [0.2, 0.25) is 0 Å². The number of carbonyl (C=O) groups excluding carboxylic acids is 1. The summed E-state index contributed by atoms with van der Waals surface area (Å²) in [5.41, 5.74) is 0. The Labute approximate surface area is 136 Å². The maximum absolute atomic E-state index is 11.5. The first kappa shape index (κ1) is 20.3. The van der Waals surface area contributed by atoms with Crippen molar-refractivity contribution in [3.8, 4) is 0 Å². The van der Waals surface area contributed by atoms with Crippen LogP contribution in [0.1, 0.15) is 78.1 Å². The Bertz CT molecular complexity index is 308. The van der Waals surface area contributed by atoms with E-state index in [-0.39, 0.29) is 12.6 Å². The number of esters is 1. The molecule has 6 heteroatoms. The monoisotopic (exact) mass is 365 g/mol. The highest BCUT2D eigenvalue weighted by Crippen LogP contribution is 2.18. The molecule has 0 aromatic heterocycles. The van der Waals surface area contributed by atoms with Crippen LogP contribution in [0.5, 0.6) is 0 Å². The zero-order chi connectivity index (χ0) is 16.1. The van der Waals surface area contributed by atoms with Crippen molar-refractivity contribution < 1.29 is 14.5 Å². The summed E-state index contributed by atoms with van der Waals surface area (Å²) in [6.45, 7) is 3.35. The van der Waals surface area contributed by atoms with Crippen LogP contribution in [0.15, 0.2) is 0 Å². The number of carbonyl (C=O) groups is 1. The number of rotatable bonds is 13. The molecule has 0 bridgehead atoms. The molecule has 0 aliphatic carbocycles. The maximum Gasteiger partial charge on any atom is 0.306 e. The molecule has 0 fully saturated rings. The van der Waals surface area contributed by atoms with Gasteiger partial charge in [0, 0.05) is 34.2 Å². The van der Waals surface area contributed by atoms with Crippen molar-refractivity contribution in [1.29, 1.82) is 0 Å². The number of nitrogens with zero attached hydrogens (tertiary/aromatic N) is 1. The minimum atomic E-state index is -1.39. The van der Waals surface area contributed by atoms with E-state index in [1.165, 1.54) is 45.4 Å². The summed E-state index contributed by atoms with van der Waals surface area (Å²) in [4.78, 5) is 21.6. The molecule has 0 saturated heterocycles. The van der Waals surface area contributed by atoms with Gasteiger partial charge in [0.25, 0.3) is 0 Å². The Balaban J connectivity index is 3.44. The predicted molar refractivity (Wildman–Crippen MR) is 87.1 cm³/mol. The summed E-state index contributed by atoms with van der Waals surface area (Å²) in [6, 6.07) is 0. The van der Waals surface area contributed by atoms with Gasteiger partial charge in [-0.1, -0.05) is 58.3 Å². The van der Waals surface area contributed by atoms with Crippen LogP contribution in [0.3, 0.4) is 0 Å². The minimum absolute atomic E-state index is 0.240. The standard InChI is InChI=1S/C15H28BrNO4/c1-3-4-5-6-7-8-9-10-11-12-14(18)21-13-15(2,16)17(19)20/h3-13H2,1-2H3/t15-/m1/s1. The van der Waals surface area contributed by atoms with Crippen LogP contribution >= 0.6 is 15.9 Å². The van der Waals surface area contributed by atoms with Crippen molar-refractivity contribution >= 4 is 21.9 Å². The molecule has 0 N–H and O–H groups in total. The van der Waals surface area contributed by atoms with Gasteiger partial charge in [0.15, 0.2) is 6.61 Å². The fraction of sp³-hybridized carbons (Fsp3) is 0.933. The van der Waals surface area contributed by atoms with Gasteiger partial charge in [-0.15, -0.1) is 0 Å². The SMILES string of the molecule is CCCCCCCCCCCC(=O)OC[C@](C)(Br)[N+](=O)[O-]. The quantitative estimate of drug-likeness (QED) is 0.117. The Morgan fingerprint density at radius 2 is 1.57 bits per heavy atom. The average Bonchev–Trinajstić information content (AvgIpc) is 2.43. The third-order valence-corrected chi connectivity index (χ3v) is 3.88. The van der Waals surface area contributed by atoms with Crippen molar-refractivity contribution in [2.24, 2.45) is 0 Å². The molecule has 21 heavy (non-hydrogen) atoms. The molecule has 5 nitrogen and oxygen atoms in total. The van der Waals surface area contributed by atoms with E-state index in [1.54, 1.807) is 0 Å². The molecule has 0 radical (unpaired) electrons. The lowest BCUT2D eigenvalue weighted by Gasteiger charge is -2.13. The van der Waals surface area contributed by atoms with Crippen LogP contribution in [-0.4, -0.2) is 21.9 Å². The van der Waals surface area contributed by atoms with Crippen LogP contribution in [-0.2, 0) is 9.53 Å². The zero-order valence-corrected chi connectivity index (χ0v) is 14.8. The lowest BCUT2D eigenvalue weighted by atomic mass is 10.1. The van der Waals surface area contributed by atoms with E-state index in [1.807, 2.05) is 0 Å². The second kappa shape index (κ2) is 12.0. The highest BCUT2D eigenvalue weighted by atomic mass is 79.9. The molecule has 0 aliphatic rings. The number of alkyl halides is 1. The molecule has 124 valence electrons. The van der Waals surface area contributed by atoms with E-state index in [0.29, 0.717) is 6.42 Å². The van der Waals surface area contributed by atoms with Gasteiger partial charge in [0.2, 0.25) is 0 Å². The van der Waals surface area contributed by atoms with Crippen molar-refractivity contribution in [2.75, 3.05) is 6.61 Å².